The molecule has 3 nitrogen and oxygen atoms in total. The van der Waals surface area contributed by atoms with E-state index in [9.17, 15) is 0 Å². The lowest BCUT2D eigenvalue weighted by molar-refractivity contribution is 1.26. The van der Waals surface area contributed by atoms with Crippen molar-refractivity contribution < 1.29 is 0 Å². The third-order valence-electron chi connectivity index (χ3n) is 2.12. The molecule has 0 aromatic heterocycles. The maximum atomic E-state index is 5.62. The Kier molecular flexibility index (Phi) is 6.58. The minimum Gasteiger partial charge on any atom is -0.370 e. The summed E-state index contributed by atoms with van der Waals surface area (Å²) in [5, 5.41) is 2.98. The molecule has 0 spiro atoms. The van der Waals surface area contributed by atoms with E-state index in [4.69, 9.17) is 12.2 Å². The van der Waals surface area contributed by atoms with E-state index in [1.807, 2.05) is 18.2 Å². The molecule has 0 unspecified atom stereocenters. The molecule has 0 bridgehead atoms. The summed E-state index contributed by atoms with van der Waals surface area (Å²) in [5.41, 5.74) is 9.01. The molecule has 0 saturated carbocycles. The maximum absolute atomic E-state index is 5.62. The van der Waals surface area contributed by atoms with Crippen LogP contribution in [0.1, 0.15) is 11.1 Å². The highest BCUT2D eigenvalue weighted by Gasteiger charge is 1.97. The van der Waals surface area contributed by atoms with Crippen molar-refractivity contribution in [3.63, 3.8) is 0 Å². The van der Waals surface area contributed by atoms with Gasteiger partial charge in [0.1, 0.15) is 6.54 Å². The van der Waals surface area contributed by atoms with Gasteiger partial charge in [-0.25, -0.2) is 4.99 Å². The number of aliphatic imine (C=N–C) groups is 1. The molecular weight excluding hydrogens is 313 g/mol. The van der Waals surface area contributed by atoms with Crippen LogP contribution in [0.2, 0.25) is 0 Å². The number of benzene rings is 1. The maximum Gasteiger partial charge on any atom is 0.194 e. The summed E-state index contributed by atoms with van der Waals surface area (Å²) >= 11 is 0. The van der Waals surface area contributed by atoms with Crippen LogP contribution in [0.5, 0.6) is 0 Å². The lowest BCUT2D eigenvalue weighted by Crippen LogP contribution is -2.22. The molecule has 0 radical (unpaired) electrons. The van der Waals surface area contributed by atoms with Gasteiger partial charge in [0.05, 0.1) is 0 Å². The first-order valence-corrected chi connectivity index (χ1v) is 4.71. The van der Waals surface area contributed by atoms with Crippen molar-refractivity contribution in [3.05, 3.63) is 29.3 Å². The lowest BCUT2D eigenvalue weighted by atomic mass is 10.1. The van der Waals surface area contributed by atoms with Gasteiger partial charge in [0.25, 0.3) is 0 Å². The average Bonchev–Trinajstić information content (AvgIpc) is 2.20. The molecule has 1 aromatic carbocycles. The van der Waals surface area contributed by atoms with E-state index in [0.29, 0.717) is 12.5 Å². The molecule has 0 amide bonds. The zero-order valence-corrected chi connectivity index (χ0v) is 11.8. The van der Waals surface area contributed by atoms with Crippen molar-refractivity contribution in [2.75, 3.05) is 11.9 Å². The zero-order valence-electron chi connectivity index (χ0n) is 9.45. The van der Waals surface area contributed by atoms with E-state index >= 15 is 0 Å². The van der Waals surface area contributed by atoms with Crippen LogP contribution < -0.4 is 11.1 Å². The van der Waals surface area contributed by atoms with E-state index in [0.717, 1.165) is 5.69 Å². The van der Waals surface area contributed by atoms with Crippen molar-refractivity contribution in [3.8, 4) is 12.3 Å². The number of rotatable bonds is 2. The van der Waals surface area contributed by atoms with Crippen molar-refractivity contribution >= 4 is 35.6 Å². The van der Waals surface area contributed by atoms with E-state index in [1.54, 1.807) is 0 Å². The fourth-order valence-electron chi connectivity index (χ4n) is 1.14. The molecule has 0 heterocycles. The lowest BCUT2D eigenvalue weighted by Gasteiger charge is -2.07. The van der Waals surface area contributed by atoms with Crippen LogP contribution in [-0.2, 0) is 0 Å². The Morgan fingerprint density at radius 2 is 2.12 bits per heavy atom. The fourth-order valence-corrected chi connectivity index (χ4v) is 1.14. The highest BCUT2D eigenvalue weighted by Crippen LogP contribution is 2.13. The van der Waals surface area contributed by atoms with Gasteiger partial charge < -0.3 is 11.1 Å². The number of hydrogen-bond acceptors (Lipinski definition) is 1. The Morgan fingerprint density at radius 3 is 2.69 bits per heavy atom. The molecular formula is C12H16IN3. The normalized spacial score (nSPS) is 10.2. The van der Waals surface area contributed by atoms with Gasteiger partial charge in [0.2, 0.25) is 0 Å². The molecule has 16 heavy (non-hydrogen) atoms. The van der Waals surface area contributed by atoms with Gasteiger partial charge in [0, 0.05) is 5.69 Å². The SMILES string of the molecule is C#CCN=C(N)Nc1ccc(C)c(C)c1.I. The van der Waals surface area contributed by atoms with Crippen LogP contribution in [0.3, 0.4) is 0 Å². The number of guanidine groups is 1. The van der Waals surface area contributed by atoms with E-state index in [1.165, 1.54) is 11.1 Å². The molecule has 0 saturated heterocycles. The molecule has 0 fully saturated rings. The first-order valence-electron chi connectivity index (χ1n) is 4.71. The summed E-state index contributed by atoms with van der Waals surface area (Å²) in [6, 6.07) is 6.01. The van der Waals surface area contributed by atoms with Gasteiger partial charge in [-0.15, -0.1) is 30.4 Å². The number of terminal acetylenes is 1. The molecule has 0 aliphatic rings. The average molecular weight is 329 g/mol. The minimum absolute atomic E-state index is 0. The number of nitrogens with zero attached hydrogens (tertiary/aromatic N) is 1. The number of hydrogen-bond donors (Lipinski definition) is 2. The quantitative estimate of drug-likeness (QED) is 0.379. The Bertz CT molecular complexity index is 419. The van der Waals surface area contributed by atoms with Crippen LogP contribution in [-0.4, -0.2) is 12.5 Å². The molecule has 1 aromatic rings. The van der Waals surface area contributed by atoms with Crippen molar-refractivity contribution in [2.24, 2.45) is 10.7 Å². The van der Waals surface area contributed by atoms with Gasteiger partial charge in [0.15, 0.2) is 5.96 Å². The molecule has 4 heteroatoms. The highest BCUT2D eigenvalue weighted by atomic mass is 127. The van der Waals surface area contributed by atoms with Gasteiger partial charge in [-0.3, -0.25) is 0 Å². The molecule has 0 aliphatic carbocycles. The van der Waals surface area contributed by atoms with Crippen LogP contribution in [0, 0.1) is 26.2 Å². The fraction of sp³-hybridized carbons (Fsp3) is 0.250. The Hall–Kier alpha value is -1.22. The number of halogens is 1. The van der Waals surface area contributed by atoms with Crippen LogP contribution in [0.4, 0.5) is 5.69 Å². The van der Waals surface area contributed by atoms with Crippen LogP contribution >= 0.6 is 24.0 Å². The summed E-state index contributed by atoms with van der Waals surface area (Å²) < 4.78 is 0. The summed E-state index contributed by atoms with van der Waals surface area (Å²) in [5.74, 6) is 2.74. The van der Waals surface area contributed by atoms with E-state index < -0.39 is 0 Å². The summed E-state index contributed by atoms with van der Waals surface area (Å²) in [7, 11) is 0. The van der Waals surface area contributed by atoms with Gasteiger partial charge >= 0.3 is 0 Å². The van der Waals surface area contributed by atoms with Crippen LogP contribution in [0.15, 0.2) is 23.2 Å². The smallest absolute Gasteiger partial charge is 0.194 e. The summed E-state index contributed by atoms with van der Waals surface area (Å²) in [6.45, 7) is 4.41. The highest BCUT2D eigenvalue weighted by molar-refractivity contribution is 14.0. The molecule has 1 rings (SSSR count). The standard InChI is InChI=1S/C12H15N3.HI/c1-4-7-14-12(13)15-11-6-5-9(2)10(3)8-11;/h1,5-6,8H,7H2,2-3H3,(H3,13,14,15);1H. The molecule has 3 N–H and O–H groups in total. The minimum atomic E-state index is 0. The Balaban J connectivity index is 0.00000225. The second-order valence-corrected chi connectivity index (χ2v) is 3.33. The predicted octanol–water partition coefficient (Wildman–Crippen LogP) is 2.28. The summed E-state index contributed by atoms with van der Waals surface area (Å²) in [4.78, 5) is 3.94. The van der Waals surface area contributed by atoms with E-state index in [-0.39, 0.29) is 24.0 Å². The van der Waals surface area contributed by atoms with Crippen molar-refractivity contribution in [2.45, 2.75) is 13.8 Å². The topological polar surface area (TPSA) is 50.4 Å². The van der Waals surface area contributed by atoms with Crippen molar-refractivity contribution in [1.82, 2.24) is 0 Å². The largest absolute Gasteiger partial charge is 0.370 e. The zero-order chi connectivity index (χ0) is 11.3. The van der Waals surface area contributed by atoms with Crippen LogP contribution in [0.25, 0.3) is 0 Å². The van der Waals surface area contributed by atoms with Gasteiger partial charge in [-0.2, -0.15) is 0 Å². The van der Waals surface area contributed by atoms with Crippen molar-refractivity contribution in [1.29, 1.82) is 0 Å². The summed E-state index contributed by atoms with van der Waals surface area (Å²) in [6.07, 6.45) is 5.07. The Morgan fingerprint density at radius 1 is 1.44 bits per heavy atom. The third kappa shape index (κ3) is 4.53. The number of nitrogens with two attached hydrogens (primary N) is 1. The first kappa shape index (κ1) is 14.8. The predicted molar refractivity (Wildman–Crippen MR) is 80.3 cm³/mol. The Labute approximate surface area is 114 Å². The van der Waals surface area contributed by atoms with Gasteiger partial charge in [-0.1, -0.05) is 12.0 Å². The number of anilines is 1. The monoisotopic (exact) mass is 329 g/mol. The third-order valence-corrected chi connectivity index (χ3v) is 2.12. The molecule has 0 atom stereocenters. The number of nitrogens with one attached hydrogen (secondary N) is 1. The van der Waals surface area contributed by atoms with E-state index in [2.05, 4.69) is 30.1 Å². The number of aryl methyl sites for hydroxylation is 2. The first-order chi connectivity index (χ1) is 7.13. The molecule has 86 valence electrons. The van der Waals surface area contributed by atoms with Gasteiger partial charge in [-0.05, 0) is 37.1 Å². The second kappa shape index (κ2) is 7.12. The molecule has 0 aliphatic heterocycles. The second-order valence-electron chi connectivity index (χ2n) is 3.33.